The van der Waals surface area contributed by atoms with Crippen LogP contribution in [0.4, 0.5) is 0 Å². The fraction of sp³-hybridized carbons (Fsp3) is 0.750. The predicted octanol–water partition coefficient (Wildman–Crippen LogP) is -0.685. The van der Waals surface area contributed by atoms with Crippen molar-refractivity contribution in [1.29, 1.82) is 0 Å². The summed E-state index contributed by atoms with van der Waals surface area (Å²) in [5.41, 5.74) is 2.36. The fourth-order valence-corrected chi connectivity index (χ4v) is 0.342. The fourth-order valence-electron chi connectivity index (χ4n) is 0.342. The van der Waals surface area contributed by atoms with Crippen LogP contribution < -0.4 is 11.3 Å². The van der Waals surface area contributed by atoms with E-state index in [1.54, 1.807) is 0 Å². The topological polar surface area (TPSA) is 75.3 Å². The number of nitrogens with two attached hydrogens (primary N) is 1. The van der Waals surface area contributed by atoms with Gasteiger partial charge in [0, 0.05) is 13.0 Å². The van der Waals surface area contributed by atoms with E-state index in [4.69, 9.17) is 10.9 Å². The lowest BCUT2D eigenvalue weighted by Gasteiger charge is -1.92. The van der Waals surface area contributed by atoms with E-state index in [1.165, 1.54) is 0 Å². The summed E-state index contributed by atoms with van der Waals surface area (Å²) in [6, 6.07) is 0. The standard InChI is InChI=1S/C4H10N2O2/c5-6-3-1-2-4(7)8/h6H,1-3,5H2,(H,7,8). The molecule has 0 aromatic carbocycles. The number of aliphatic carboxylic acids is 1. The lowest BCUT2D eigenvalue weighted by Crippen LogP contribution is -2.23. The van der Waals surface area contributed by atoms with E-state index in [1.807, 2.05) is 0 Å². The molecular formula is C4H10N2O2. The first-order chi connectivity index (χ1) is 3.77. The Morgan fingerprint density at radius 2 is 2.38 bits per heavy atom. The molecule has 0 fully saturated rings. The van der Waals surface area contributed by atoms with E-state index in [9.17, 15) is 4.79 Å². The number of carboxylic acids is 1. The first kappa shape index (κ1) is 7.39. The summed E-state index contributed by atoms with van der Waals surface area (Å²) < 4.78 is 0. The molecule has 0 atom stereocenters. The van der Waals surface area contributed by atoms with Crippen molar-refractivity contribution in [3.8, 4) is 0 Å². The first-order valence-electron chi connectivity index (χ1n) is 2.42. The van der Waals surface area contributed by atoms with Crippen LogP contribution in [0.15, 0.2) is 0 Å². The van der Waals surface area contributed by atoms with Gasteiger partial charge in [0.1, 0.15) is 0 Å². The van der Waals surface area contributed by atoms with Gasteiger partial charge in [-0.25, -0.2) is 0 Å². The average Bonchev–Trinajstić information content (AvgIpc) is 1.66. The number of hydrogen-bond donors (Lipinski definition) is 3. The molecule has 4 heteroatoms. The van der Waals surface area contributed by atoms with Crippen LogP contribution in [0.3, 0.4) is 0 Å². The molecule has 0 bridgehead atoms. The van der Waals surface area contributed by atoms with Crippen molar-refractivity contribution in [2.24, 2.45) is 5.84 Å². The Bertz CT molecular complexity index is 74.4. The van der Waals surface area contributed by atoms with E-state index < -0.39 is 5.97 Å². The van der Waals surface area contributed by atoms with E-state index in [2.05, 4.69) is 5.43 Å². The van der Waals surface area contributed by atoms with Gasteiger partial charge in [0.25, 0.3) is 0 Å². The zero-order valence-electron chi connectivity index (χ0n) is 4.55. The second-order valence-electron chi connectivity index (χ2n) is 1.45. The van der Waals surface area contributed by atoms with Crippen LogP contribution in [-0.4, -0.2) is 17.6 Å². The van der Waals surface area contributed by atoms with Crippen LogP contribution in [0.1, 0.15) is 12.8 Å². The van der Waals surface area contributed by atoms with Crippen molar-refractivity contribution in [2.45, 2.75) is 12.8 Å². The Morgan fingerprint density at radius 3 is 2.75 bits per heavy atom. The summed E-state index contributed by atoms with van der Waals surface area (Å²) in [5, 5.41) is 8.07. The number of hydrazine groups is 1. The average molecular weight is 118 g/mol. The zero-order chi connectivity index (χ0) is 6.41. The second kappa shape index (κ2) is 4.55. The lowest BCUT2D eigenvalue weighted by molar-refractivity contribution is -0.137. The molecule has 0 aliphatic rings. The highest BCUT2D eigenvalue weighted by Gasteiger charge is 1.92. The van der Waals surface area contributed by atoms with Crippen molar-refractivity contribution in [3.05, 3.63) is 0 Å². The maximum atomic E-state index is 9.81. The Hall–Kier alpha value is -0.610. The third-order valence-corrected chi connectivity index (χ3v) is 0.712. The van der Waals surface area contributed by atoms with Crippen LogP contribution in [0, 0.1) is 0 Å². The molecule has 0 unspecified atom stereocenters. The van der Waals surface area contributed by atoms with Gasteiger partial charge in [-0.15, -0.1) is 0 Å². The minimum Gasteiger partial charge on any atom is -0.481 e. The Labute approximate surface area is 47.6 Å². The number of nitrogens with one attached hydrogen (secondary N) is 1. The number of rotatable bonds is 4. The van der Waals surface area contributed by atoms with E-state index >= 15 is 0 Å². The van der Waals surface area contributed by atoms with Crippen molar-refractivity contribution in [2.75, 3.05) is 6.54 Å². The van der Waals surface area contributed by atoms with Crippen molar-refractivity contribution in [1.82, 2.24) is 5.43 Å². The van der Waals surface area contributed by atoms with Gasteiger partial charge < -0.3 is 5.11 Å². The second-order valence-corrected chi connectivity index (χ2v) is 1.45. The molecular weight excluding hydrogens is 108 g/mol. The monoisotopic (exact) mass is 118 g/mol. The van der Waals surface area contributed by atoms with Crippen LogP contribution in [0.2, 0.25) is 0 Å². The summed E-state index contributed by atoms with van der Waals surface area (Å²) in [7, 11) is 0. The van der Waals surface area contributed by atoms with Gasteiger partial charge in [0.05, 0.1) is 0 Å². The molecule has 4 nitrogen and oxygen atoms in total. The van der Waals surface area contributed by atoms with Gasteiger partial charge in [-0.3, -0.25) is 16.1 Å². The summed E-state index contributed by atoms with van der Waals surface area (Å²) in [4.78, 5) is 9.81. The maximum Gasteiger partial charge on any atom is 0.303 e. The normalized spacial score (nSPS) is 9.12. The predicted molar refractivity (Wildman–Crippen MR) is 29.1 cm³/mol. The van der Waals surface area contributed by atoms with Gasteiger partial charge in [-0.1, -0.05) is 0 Å². The third kappa shape index (κ3) is 5.39. The van der Waals surface area contributed by atoms with Crippen molar-refractivity contribution >= 4 is 5.97 Å². The number of carbonyl (C=O) groups is 1. The SMILES string of the molecule is NNCCCC(=O)O. The number of hydrogen-bond acceptors (Lipinski definition) is 3. The molecule has 0 aromatic heterocycles. The molecule has 8 heavy (non-hydrogen) atoms. The summed E-state index contributed by atoms with van der Waals surface area (Å²) >= 11 is 0. The summed E-state index contributed by atoms with van der Waals surface area (Å²) in [5.74, 6) is 4.09. The van der Waals surface area contributed by atoms with Gasteiger partial charge >= 0.3 is 5.97 Å². The van der Waals surface area contributed by atoms with E-state index in [0.717, 1.165) is 0 Å². The zero-order valence-corrected chi connectivity index (χ0v) is 4.55. The molecule has 0 aliphatic carbocycles. The van der Waals surface area contributed by atoms with E-state index in [0.29, 0.717) is 13.0 Å². The molecule has 0 heterocycles. The molecule has 4 N–H and O–H groups in total. The molecule has 48 valence electrons. The lowest BCUT2D eigenvalue weighted by atomic mass is 10.3. The molecule has 0 saturated carbocycles. The first-order valence-corrected chi connectivity index (χ1v) is 2.42. The van der Waals surface area contributed by atoms with Crippen LogP contribution in [-0.2, 0) is 4.79 Å². The van der Waals surface area contributed by atoms with Gasteiger partial charge in [-0.05, 0) is 6.42 Å². The number of carboxylic acid groups (broad SMARTS) is 1. The maximum absolute atomic E-state index is 9.81. The Balaban J connectivity index is 2.82. The highest BCUT2D eigenvalue weighted by molar-refractivity contribution is 5.66. The quantitative estimate of drug-likeness (QED) is 0.259. The largest absolute Gasteiger partial charge is 0.481 e. The Kier molecular flexibility index (Phi) is 4.20. The van der Waals surface area contributed by atoms with Crippen LogP contribution >= 0.6 is 0 Å². The van der Waals surface area contributed by atoms with E-state index in [-0.39, 0.29) is 6.42 Å². The van der Waals surface area contributed by atoms with Crippen molar-refractivity contribution < 1.29 is 9.90 Å². The van der Waals surface area contributed by atoms with Crippen LogP contribution in [0.25, 0.3) is 0 Å². The highest BCUT2D eigenvalue weighted by atomic mass is 16.4. The molecule has 0 aromatic rings. The minimum absolute atomic E-state index is 0.185. The molecule has 0 rings (SSSR count). The highest BCUT2D eigenvalue weighted by Crippen LogP contribution is 1.83. The van der Waals surface area contributed by atoms with Crippen molar-refractivity contribution in [3.63, 3.8) is 0 Å². The molecule has 0 spiro atoms. The molecule has 0 amide bonds. The minimum atomic E-state index is -0.778. The third-order valence-electron chi connectivity index (χ3n) is 0.712. The van der Waals surface area contributed by atoms with Gasteiger partial charge in [-0.2, -0.15) is 0 Å². The molecule has 0 aliphatic heterocycles. The molecule has 0 radical (unpaired) electrons. The van der Waals surface area contributed by atoms with Gasteiger partial charge in [0.15, 0.2) is 0 Å². The van der Waals surface area contributed by atoms with Gasteiger partial charge in [0.2, 0.25) is 0 Å². The summed E-state index contributed by atoms with van der Waals surface area (Å²) in [6.07, 6.45) is 0.774. The smallest absolute Gasteiger partial charge is 0.303 e. The Morgan fingerprint density at radius 1 is 1.75 bits per heavy atom. The molecule has 0 saturated heterocycles. The van der Waals surface area contributed by atoms with Crippen LogP contribution in [0.5, 0.6) is 0 Å². The summed E-state index contributed by atoms with van der Waals surface area (Å²) in [6.45, 7) is 0.562.